The molecule has 2 N–H and O–H groups in total. The number of H-pyrrole nitrogens is 1. The van der Waals surface area contributed by atoms with Gasteiger partial charge < -0.3 is 19.9 Å². The van der Waals surface area contributed by atoms with Crippen molar-refractivity contribution in [2.24, 2.45) is 0 Å². The highest BCUT2D eigenvalue weighted by Gasteiger charge is 2.25. The number of hydrogen-bond donors (Lipinski definition) is 2. The summed E-state index contributed by atoms with van der Waals surface area (Å²) in [5.41, 5.74) is 1.86. The molecule has 0 radical (unpaired) electrons. The van der Waals surface area contributed by atoms with Gasteiger partial charge in [-0.25, -0.2) is 9.97 Å². The zero-order valence-corrected chi connectivity index (χ0v) is 16.1. The first-order valence-electron chi connectivity index (χ1n) is 10.1. The maximum absolute atomic E-state index is 12.3. The number of aromatic amines is 1. The van der Waals surface area contributed by atoms with E-state index < -0.39 is 0 Å². The number of rotatable bonds is 7. The Balaban J connectivity index is 1.23. The summed E-state index contributed by atoms with van der Waals surface area (Å²) >= 11 is 0. The van der Waals surface area contributed by atoms with E-state index in [1.807, 2.05) is 24.4 Å². The van der Waals surface area contributed by atoms with Crippen molar-refractivity contribution in [1.29, 1.82) is 0 Å². The van der Waals surface area contributed by atoms with E-state index in [9.17, 15) is 4.79 Å². The van der Waals surface area contributed by atoms with E-state index >= 15 is 0 Å². The topological polar surface area (TPSA) is 86.4 Å². The number of hydrogen-bond acceptors (Lipinski definition) is 6. The molecule has 1 atom stereocenters. The summed E-state index contributed by atoms with van der Waals surface area (Å²) in [5.74, 6) is 0.859. The lowest BCUT2D eigenvalue weighted by atomic mass is 10.2. The lowest BCUT2D eigenvalue weighted by Crippen LogP contribution is -2.39. The molecule has 0 saturated carbocycles. The minimum atomic E-state index is 0.140. The van der Waals surface area contributed by atoms with Crippen molar-refractivity contribution in [2.45, 2.75) is 25.3 Å². The van der Waals surface area contributed by atoms with Crippen molar-refractivity contribution >= 4 is 11.9 Å². The SMILES string of the molecule is O=C(CCCN1CCOCC1)NC1CCN(c2nccc(-c3ccc[nH]3)n2)C1. The Bertz CT molecular complexity index is 760. The van der Waals surface area contributed by atoms with Gasteiger partial charge in [-0.3, -0.25) is 9.69 Å². The Morgan fingerprint density at radius 2 is 2.18 bits per heavy atom. The maximum atomic E-state index is 12.3. The van der Waals surface area contributed by atoms with Crippen LogP contribution >= 0.6 is 0 Å². The second-order valence-corrected chi connectivity index (χ2v) is 7.38. The van der Waals surface area contributed by atoms with Gasteiger partial charge in [-0.2, -0.15) is 0 Å². The van der Waals surface area contributed by atoms with Crippen LogP contribution in [0.1, 0.15) is 19.3 Å². The molecule has 4 rings (SSSR count). The molecular formula is C20H28N6O2. The predicted octanol–water partition coefficient (Wildman–Crippen LogP) is 1.28. The van der Waals surface area contributed by atoms with Gasteiger partial charge in [0.2, 0.25) is 11.9 Å². The monoisotopic (exact) mass is 384 g/mol. The van der Waals surface area contributed by atoms with Crippen LogP contribution in [-0.2, 0) is 9.53 Å². The number of amides is 1. The number of anilines is 1. The largest absolute Gasteiger partial charge is 0.379 e. The molecule has 0 aliphatic carbocycles. The van der Waals surface area contributed by atoms with Gasteiger partial charge in [-0.15, -0.1) is 0 Å². The predicted molar refractivity (Wildman–Crippen MR) is 107 cm³/mol. The van der Waals surface area contributed by atoms with E-state index in [0.717, 1.165) is 76.1 Å². The zero-order chi connectivity index (χ0) is 19.2. The number of nitrogens with zero attached hydrogens (tertiary/aromatic N) is 4. The summed E-state index contributed by atoms with van der Waals surface area (Å²) in [6.07, 6.45) is 6.06. The third kappa shape index (κ3) is 4.88. The first kappa shape index (κ1) is 18.9. The molecule has 2 fully saturated rings. The Morgan fingerprint density at radius 1 is 1.29 bits per heavy atom. The van der Waals surface area contributed by atoms with Crippen molar-refractivity contribution in [2.75, 3.05) is 50.8 Å². The molecule has 0 spiro atoms. The number of carbonyl (C=O) groups excluding carboxylic acids is 1. The van der Waals surface area contributed by atoms with Gasteiger partial charge in [0.1, 0.15) is 0 Å². The number of ether oxygens (including phenoxy) is 1. The van der Waals surface area contributed by atoms with Crippen LogP contribution in [-0.4, -0.2) is 77.7 Å². The quantitative estimate of drug-likeness (QED) is 0.748. The molecule has 2 aromatic heterocycles. The van der Waals surface area contributed by atoms with E-state index in [2.05, 4.69) is 30.1 Å². The van der Waals surface area contributed by atoms with Gasteiger partial charge in [0.25, 0.3) is 0 Å². The maximum Gasteiger partial charge on any atom is 0.225 e. The van der Waals surface area contributed by atoms with Crippen LogP contribution in [0.2, 0.25) is 0 Å². The lowest BCUT2D eigenvalue weighted by Gasteiger charge is -2.26. The zero-order valence-electron chi connectivity index (χ0n) is 16.1. The Hall–Kier alpha value is -2.45. The van der Waals surface area contributed by atoms with Gasteiger partial charge in [-0.05, 0) is 37.6 Å². The van der Waals surface area contributed by atoms with Crippen molar-refractivity contribution in [3.8, 4) is 11.4 Å². The average molecular weight is 384 g/mol. The van der Waals surface area contributed by atoms with E-state index in [4.69, 9.17) is 4.74 Å². The third-order valence-electron chi connectivity index (χ3n) is 5.33. The van der Waals surface area contributed by atoms with Crippen LogP contribution in [0.5, 0.6) is 0 Å². The second-order valence-electron chi connectivity index (χ2n) is 7.38. The number of carbonyl (C=O) groups is 1. The summed E-state index contributed by atoms with van der Waals surface area (Å²) < 4.78 is 5.35. The Morgan fingerprint density at radius 3 is 3.00 bits per heavy atom. The highest BCUT2D eigenvalue weighted by molar-refractivity contribution is 5.76. The molecule has 0 aromatic carbocycles. The van der Waals surface area contributed by atoms with Crippen LogP contribution < -0.4 is 10.2 Å². The normalized spacial score (nSPS) is 20.4. The van der Waals surface area contributed by atoms with Gasteiger partial charge >= 0.3 is 0 Å². The molecule has 8 heteroatoms. The standard InChI is InChI=1S/C20H28N6O2/c27-19(4-2-9-25-11-13-28-14-12-25)23-16-6-10-26(15-16)20-22-8-5-18(24-20)17-3-1-7-21-17/h1,3,5,7-8,16,21H,2,4,6,9-15H2,(H,23,27). The van der Waals surface area contributed by atoms with Crippen molar-refractivity contribution < 1.29 is 9.53 Å². The fourth-order valence-electron chi connectivity index (χ4n) is 3.79. The molecule has 2 aromatic rings. The molecule has 1 amide bonds. The van der Waals surface area contributed by atoms with E-state index in [1.54, 1.807) is 6.20 Å². The van der Waals surface area contributed by atoms with Crippen LogP contribution in [0.25, 0.3) is 11.4 Å². The van der Waals surface area contributed by atoms with Gasteiger partial charge in [0, 0.05) is 51.0 Å². The minimum absolute atomic E-state index is 0.140. The number of morpholine rings is 1. The van der Waals surface area contributed by atoms with Crippen molar-refractivity contribution in [3.63, 3.8) is 0 Å². The van der Waals surface area contributed by atoms with E-state index in [0.29, 0.717) is 6.42 Å². The van der Waals surface area contributed by atoms with Crippen LogP contribution in [0.15, 0.2) is 30.6 Å². The molecule has 8 nitrogen and oxygen atoms in total. The third-order valence-corrected chi connectivity index (χ3v) is 5.33. The first-order valence-corrected chi connectivity index (χ1v) is 10.1. The highest BCUT2D eigenvalue weighted by atomic mass is 16.5. The van der Waals surface area contributed by atoms with Crippen molar-refractivity contribution in [1.82, 2.24) is 25.2 Å². The molecule has 150 valence electrons. The van der Waals surface area contributed by atoms with Gasteiger partial charge in [0.15, 0.2) is 0 Å². The Kier molecular flexibility index (Phi) is 6.18. The summed E-state index contributed by atoms with van der Waals surface area (Å²) in [7, 11) is 0. The lowest BCUT2D eigenvalue weighted by molar-refractivity contribution is -0.121. The molecule has 28 heavy (non-hydrogen) atoms. The van der Waals surface area contributed by atoms with E-state index in [-0.39, 0.29) is 11.9 Å². The van der Waals surface area contributed by atoms with Crippen LogP contribution in [0, 0.1) is 0 Å². The first-order chi connectivity index (χ1) is 13.8. The smallest absolute Gasteiger partial charge is 0.225 e. The Labute approximate surface area is 165 Å². The summed E-state index contributed by atoms with van der Waals surface area (Å²) in [6, 6.07) is 6.01. The molecule has 2 aliphatic heterocycles. The summed E-state index contributed by atoms with van der Waals surface area (Å²) in [5, 5.41) is 3.17. The van der Waals surface area contributed by atoms with Crippen molar-refractivity contribution in [3.05, 3.63) is 30.6 Å². The second kappa shape index (κ2) is 9.16. The summed E-state index contributed by atoms with van der Waals surface area (Å²) in [4.78, 5) is 29.1. The minimum Gasteiger partial charge on any atom is -0.379 e. The molecular weight excluding hydrogens is 356 g/mol. The molecule has 2 saturated heterocycles. The van der Waals surface area contributed by atoms with E-state index in [1.165, 1.54) is 0 Å². The average Bonchev–Trinajstić information content (AvgIpc) is 3.41. The molecule has 2 aliphatic rings. The fraction of sp³-hybridized carbons (Fsp3) is 0.550. The van der Waals surface area contributed by atoms with Crippen LogP contribution in [0.3, 0.4) is 0 Å². The number of nitrogens with one attached hydrogen (secondary N) is 2. The fourth-order valence-corrected chi connectivity index (χ4v) is 3.79. The molecule has 0 bridgehead atoms. The number of aromatic nitrogens is 3. The van der Waals surface area contributed by atoms with Crippen LogP contribution in [0.4, 0.5) is 5.95 Å². The molecule has 1 unspecified atom stereocenters. The van der Waals surface area contributed by atoms with Gasteiger partial charge in [-0.1, -0.05) is 0 Å². The highest BCUT2D eigenvalue weighted by Crippen LogP contribution is 2.20. The summed E-state index contributed by atoms with van der Waals surface area (Å²) in [6.45, 7) is 6.12. The van der Waals surface area contributed by atoms with Gasteiger partial charge in [0.05, 0.1) is 24.6 Å². The molecule has 4 heterocycles.